The van der Waals surface area contributed by atoms with E-state index in [1.165, 1.54) is 26.6 Å². The molecule has 1 aromatic heterocycles. The van der Waals surface area contributed by atoms with Gasteiger partial charge in [-0.15, -0.1) is 0 Å². The summed E-state index contributed by atoms with van der Waals surface area (Å²) in [6, 6.07) is 21.6. The van der Waals surface area contributed by atoms with Crippen LogP contribution in [0.2, 0.25) is 0 Å². The molecule has 0 atom stereocenters. The van der Waals surface area contributed by atoms with Crippen molar-refractivity contribution in [3.05, 3.63) is 96.1 Å². The smallest absolute Gasteiger partial charge is 0.272 e. The summed E-state index contributed by atoms with van der Waals surface area (Å²) in [7, 11) is 3.00. The quantitative estimate of drug-likeness (QED) is 0.399. The molecule has 4 rings (SSSR count). The van der Waals surface area contributed by atoms with E-state index < -0.39 is 11.8 Å². The van der Waals surface area contributed by atoms with Gasteiger partial charge in [0.15, 0.2) is 11.5 Å². The highest BCUT2D eigenvalue weighted by Crippen LogP contribution is 2.27. The first-order valence-corrected chi connectivity index (χ1v) is 10.2. The average molecular weight is 442 g/mol. The summed E-state index contributed by atoms with van der Waals surface area (Å²) in [6.07, 6.45) is 2.95. The van der Waals surface area contributed by atoms with Crippen molar-refractivity contribution in [2.24, 2.45) is 0 Å². The zero-order valence-corrected chi connectivity index (χ0v) is 18.1. The molecule has 0 radical (unpaired) electrons. The van der Waals surface area contributed by atoms with E-state index in [4.69, 9.17) is 13.9 Å². The van der Waals surface area contributed by atoms with Crippen LogP contribution in [0.1, 0.15) is 16.1 Å². The second-order valence-corrected chi connectivity index (χ2v) is 7.11. The standard InChI is InChI=1S/C26H22N2O5/c1-31-23-12-10-19(15-24(23)32-2)25(29)28-22(16-21-8-5-13-33-21)26(30)27-20-11-9-17-6-3-4-7-18(17)14-20/h3-16H,1-2H3,(H,27,30)(H,28,29)/b22-16-. The molecule has 2 amide bonds. The van der Waals surface area contributed by atoms with Crippen LogP contribution in [0.15, 0.2) is 89.2 Å². The van der Waals surface area contributed by atoms with Gasteiger partial charge >= 0.3 is 0 Å². The van der Waals surface area contributed by atoms with Gasteiger partial charge in [-0.1, -0.05) is 30.3 Å². The molecular formula is C26H22N2O5. The van der Waals surface area contributed by atoms with Crippen LogP contribution in [-0.2, 0) is 4.79 Å². The first-order valence-electron chi connectivity index (χ1n) is 10.2. The zero-order chi connectivity index (χ0) is 23.2. The molecule has 0 aliphatic carbocycles. The Hall–Kier alpha value is -4.52. The third-order valence-electron chi connectivity index (χ3n) is 4.98. The summed E-state index contributed by atoms with van der Waals surface area (Å²) in [5.74, 6) is 0.348. The molecule has 0 spiro atoms. The average Bonchev–Trinajstić information content (AvgIpc) is 3.36. The first kappa shape index (κ1) is 21.7. The summed E-state index contributed by atoms with van der Waals surface area (Å²) in [5.41, 5.74) is 0.929. The molecule has 0 saturated heterocycles. The predicted octanol–water partition coefficient (Wildman–Crippen LogP) is 4.86. The number of methoxy groups -OCH3 is 2. The van der Waals surface area contributed by atoms with E-state index in [1.54, 1.807) is 36.4 Å². The largest absolute Gasteiger partial charge is 0.493 e. The molecule has 7 heteroatoms. The highest BCUT2D eigenvalue weighted by atomic mass is 16.5. The fourth-order valence-corrected chi connectivity index (χ4v) is 3.31. The minimum atomic E-state index is -0.490. The maximum absolute atomic E-state index is 13.1. The predicted molar refractivity (Wildman–Crippen MR) is 126 cm³/mol. The van der Waals surface area contributed by atoms with E-state index in [1.807, 2.05) is 36.4 Å². The molecule has 0 unspecified atom stereocenters. The van der Waals surface area contributed by atoms with Crippen LogP contribution in [0, 0.1) is 0 Å². The van der Waals surface area contributed by atoms with E-state index in [-0.39, 0.29) is 5.70 Å². The van der Waals surface area contributed by atoms with Gasteiger partial charge in [0.25, 0.3) is 11.8 Å². The van der Waals surface area contributed by atoms with E-state index in [0.717, 1.165) is 10.8 Å². The van der Waals surface area contributed by atoms with Crippen LogP contribution in [-0.4, -0.2) is 26.0 Å². The topological polar surface area (TPSA) is 89.8 Å². The van der Waals surface area contributed by atoms with Crippen molar-refractivity contribution in [1.29, 1.82) is 0 Å². The van der Waals surface area contributed by atoms with Gasteiger partial charge in [0, 0.05) is 17.3 Å². The highest BCUT2D eigenvalue weighted by molar-refractivity contribution is 6.11. The Morgan fingerprint density at radius 3 is 2.36 bits per heavy atom. The van der Waals surface area contributed by atoms with Crippen molar-refractivity contribution in [2.45, 2.75) is 0 Å². The number of amides is 2. The zero-order valence-electron chi connectivity index (χ0n) is 18.1. The Kier molecular flexibility index (Phi) is 6.40. The van der Waals surface area contributed by atoms with Crippen LogP contribution < -0.4 is 20.1 Å². The van der Waals surface area contributed by atoms with Crippen molar-refractivity contribution >= 4 is 34.4 Å². The lowest BCUT2D eigenvalue weighted by molar-refractivity contribution is -0.113. The van der Waals surface area contributed by atoms with Gasteiger partial charge in [-0.25, -0.2) is 0 Å². The van der Waals surface area contributed by atoms with Crippen molar-refractivity contribution in [3.63, 3.8) is 0 Å². The van der Waals surface area contributed by atoms with E-state index in [0.29, 0.717) is 28.5 Å². The Morgan fingerprint density at radius 1 is 0.848 bits per heavy atom. The molecule has 0 aliphatic rings. The molecule has 0 fully saturated rings. The van der Waals surface area contributed by atoms with E-state index >= 15 is 0 Å². The van der Waals surface area contributed by atoms with Crippen LogP contribution in [0.5, 0.6) is 11.5 Å². The van der Waals surface area contributed by atoms with Gasteiger partial charge in [0.1, 0.15) is 11.5 Å². The number of rotatable bonds is 7. The number of ether oxygens (including phenoxy) is 2. The minimum absolute atomic E-state index is 0.0258. The molecule has 2 N–H and O–H groups in total. The van der Waals surface area contributed by atoms with Gasteiger partial charge in [-0.2, -0.15) is 0 Å². The Balaban J connectivity index is 1.59. The van der Waals surface area contributed by atoms with Crippen molar-refractivity contribution in [2.75, 3.05) is 19.5 Å². The molecule has 166 valence electrons. The third kappa shape index (κ3) is 5.04. The SMILES string of the molecule is COc1ccc(C(=O)N/C(=C\c2ccco2)C(=O)Nc2ccc3ccccc3c2)cc1OC. The normalized spacial score (nSPS) is 11.2. The monoisotopic (exact) mass is 442 g/mol. The summed E-state index contributed by atoms with van der Waals surface area (Å²) >= 11 is 0. The van der Waals surface area contributed by atoms with Crippen molar-refractivity contribution in [1.82, 2.24) is 5.32 Å². The fourth-order valence-electron chi connectivity index (χ4n) is 3.31. The molecule has 4 aromatic rings. The minimum Gasteiger partial charge on any atom is -0.493 e. The Morgan fingerprint density at radius 2 is 1.64 bits per heavy atom. The van der Waals surface area contributed by atoms with Gasteiger partial charge in [-0.05, 0) is 53.2 Å². The summed E-state index contributed by atoms with van der Waals surface area (Å²) in [4.78, 5) is 26.0. The Labute approximate surface area is 190 Å². The molecule has 0 aliphatic heterocycles. The molecular weight excluding hydrogens is 420 g/mol. The van der Waals surface area contributed by atoms with Crippen molar-refractivity contribution in [3.8, 4) is 11.5 Å². The van der Waals surface area contributed by atoms with Crippen LogP contribution >= 0.6 is 0 Å². The number of anilines is 1. The summed E-state index contributed by atoms with van der Waals surface area (Å²) < 4.78 is 15.8. The number of carbonyl (C=O) groups excluding carboxylic acids is 2. The molecule has 33 heavy (non-hydrogen) atoms. The summed E-state index contributed by atoms with van der Waals surface area (Å²) in [6.45, 7) is 0. The number of nitrogens with one attached hydrogen (secondary N) is 2. The second-order valence-electron chi connectivity index (χ2n) is 7.11. The van der Waals surface area contributed by atoms with Gasteiger partial charge in [0.05, 0.1) is 20.5 Å². The molecule has 7 nitrogen and oxygen atoms in total. The van der Waals surface area contributed by atoms with Gasteiger partial charge in [-0.3, -0.25) is 9.59 Å². The van der Waals surface area contributed by atoms with Crippen LogP contribution in [0.25, 0.3) is 16.8 Å². The lowest BCUT2D eigenvalue weighted by atomic mass is 10.1. The number of fused-ring (bicyclic) bond motifs is 1. The van der Waals surface area contributed by atoms with Crippen LogP contribution in [0.4, 0.5) is 5.69 Å². The molecule has 1 heterocycles. The van der Waals surface area contributed by atoms with E-state index in [2.05, 4.69) is 10.6 Å². The first-order chi connectivity index (χ1) is 16.1. The third-order valence-corrected chi connectivity index (χ3v) is 4.98. The molecule has 3 aromatic carbocycles. The maximum atomic E-state index is 13.1. The Bertz CT molecular complexity index is 1330. The summed E-state index contributed by atoms with van der Waals surface area (Å²) in [5, 5.41) is 7.55. The highest BCUT2D eigenvalue weighted by Gasteiger charge is 2.17. The van der Waals surface area contributed by atoms with Crippen molar-refractivity contribution < 1.29 is 23.5 Å². The van der Waals surface area contributed by atoms with E-state index in [9.17, 15) is 9.59 Å². The lowest BCUT2D eigenvalue weighted by Crippen LogP contribution is -2.30. The van der Waals surface area contributed by atoms with Gasteiger partial charge < -0.3 is 24.5 Å². The molecule has 0 saturated carbocycles. The maximum Gasteiger partial charge on any atom is 0.272 e. The fraction of sp³-hybridized carbons (Fsp3) is 0.0769. The lowest BCUT2D eigenvalue weighted by Gasteiger charge is -2.13. The van der Waals surface area contributed by atoms with Gasteiger partial charge in [0.2, 0.25) is 0 Å². The van der Waals surface area contributed by atoms with Crippen LogP contribution in [0.3, 0.4) is 0 Å². The number of benzene rings is 3. The number of carbonyl (C=O) groups is 2. The number of hydrogen-bond donors (Lipinski definition) is 2. The number of furan rings is 1. The second kappa shape index (κ2) is 9.74. The molecule has 0 bridgehead atoms. The number of hydrogen-bond acceptors (Lipinski definition) is 5.